The molecule has 0 amide bonds. The quantitative estimate of drug-likeness (QED) is 0.882. The fraction of sp³-hybridized carbons (Fsp3) is 0.615. The van der Waals surface area contributed by atoms with Crippen molar-refractivity contribution in [3.05, 3.63) is 27.7 Å². The second-order valence-electron chi connectivity index (χ2n) is 5.19. The first-order chi connectivity index (χ1) is 9.08. The van der Waals surface area contributed by atoms with Crippen LogP contribution < -0.4 is 5.32 Å². The van der Waals surface area contributed by atoms with Crippen LogP contribution in [0.2, 0.25) is 0 Å². The molecule has 0 bridgehead atoms. The molecular formula is C13H21N5S. The van der Waals surface area contributed by atoms with E-state index in [9.17, 15) is 0 Å². The van der Waals surface area contributed by atoms with Crippen molar-refractivity contribution in [2.24, 2.45) is 5.92 Å². The van der Waals surface area contributed by atoms with Crippen molar-refractivity contribution in [3.63, 3.8) is 0 Å². The van der Waals surface area contributed by atoms with E-state index in [0.29, 0.717) is 12.5 Å². The standard InChI is InChI=1S/C13H21N5S/c1-9(2)7-14-8-13-15-16-17-18(13)11(4)12-6-5-10(3)19-12/h5-6,9,11,14H,7-8H2,1-4H3. The van der Waals surface area contributed by atoms with Crippen LogP contribution in [-0.2, 0) is 6.54 Å². The summed E-state index contributed by atoms with van der Waals surface area (Å²) < 4.78 is 1.90. The largest absolute Gasteiger partial charge is 0.310 e. The molecular weight excluding hydrogens is 258 g/mol. The SMILES string of the molecule is Cc1ccc(C(C)n2nnnc2CNCC(C)C)s1. The Morgan fingerprint density at radius 1 is 1.32 bits per heavy atom. The van der Waals surface area contributed by atoms with Crippen LogP contribution in [0.5, 0.6) is 0 Å². The lowest BCUT2D eigenvalue weighted by molar-refractivity contribution is 0.491. The van der Waals surface area contributed by atoms with Crippen molar-refractivity contribution in [3.8, 4) is 0 Å². The smallest absolute Gasteiger partial charge is 0.165 e. The lowest BCUT2D eigenvalue weighted by Crippen LogP contribution is -2.22. The van der Waals surface area contributed by atoms with Gasteiger partial charge >= 0.3 is 0 Å². The zero-order valence-electron chi connectivity index (χ0n) is 11.9. The summed E-state index contributed by atoms with van der Waals surface area (Å²) in [6.45, 7) is 10.3. The van der Waals surface area contributed by atoms with Crippen molar-refractivity contribution in [1.82, 2.24) is 25.5 Å². The summed E-state index contributed by atoms with van der Waals surface area (Å²) in [5.41, 5.74) is 0. The predicted octanol–water partition coefficient (Wildman–Crippen LogP) is 2.40. The van der Waals surface area contributed by atoms with E-state index in [1.54, 1.807) is 11.3 Å². The van der Waals surface area contributed by atoms with Gasteiger partial charge in [0.05, 0.1) is 12.6 Å². The lowest BCUT2D eigenvalue weighted by atomic mass is 10.2. The predicted molar refractivity (Wildman–Crippen MR) is 77.2 cm³/mol. The number of aryl methyl sites for hydroxylation is 1. The normalized spacial score (nSPS) is 13.1. The Kier molecular flexibility index (Phi) is 4.66. The number of tetrazole rings is 1. The average molecular weight is 279 g/mol. The highest BCUT2D eigenvalue weighted by atomic mass is 32.1. The molecule has 0 aliphatic carbocycles. The molecule has 104 valence electrons. The molecule has 0 aromatic carbocycles. The molecule has 0 fully saturated rings. The molecule has 0 saturated heterocycles. The number of thiophene rings is 1. The van der Waals surface area contributed by atoms with Gasteiger partial charge in [-0.1, -0.05) is 13.8 Å². The molecule has 2 aromatic heterocycles. The third kappa shape index (κ3) is 3.61. The van der Waals surface area contributed by atoms with Crippen molar-refractivity contribution in [2.75, 3.05) is 6.54 Å². The van der Waals surface area contributed by atoms with Crippen LogP contribution in [0, 0.1) is 12.8 Å². The molecule has 0 aliphatic heterocycles. The number of nitrogens with zero attached hydrogens (tertiary/aromatic N) is 4. The van der Waals surface area contributed by atoms with Crippen LogP contribution >= 0.6 is 11.3 Å². The van der Waals surface area contributed by atoms with Gasteiger partial charge in [0.25, 0.3) is 0 Å². The molecule has 6 heteroatoms. The Labute approximate surface area is 118 Å². The van der Waals surface area contributed by atoms with Gasteiger partial charge < -0.3 is 5.32 Å². The van der Waals surface area contributed by atoms with Crippen molar-refractivity contribution >= 4 is 11.3 Å². The van der Waals surface area contributed by atoms with Crippen molar-refractivity contribution in [1.29, 1.82) is 0 Å². The van der Waals surface area contributed by atoms with E-state index in [-0.39, 0.29) is 6.04 Å². The van der Waals surface area contributed by atoms with E-state index in [0.717, 1.165) is 12.4 Å². The van der Waals surface area contributed by atoms with Gasteiger partial charge in [0.2, 0.25) is 0 Å². The Hall–Kier alpha value is -1.27. The highest BCUT2D eigenvalue weighted by molar-refractivity contribution is 7.12. The van der Waals surface area contributed by atoms with Gasteiger partial charge in [0, 0.05) is 9.75 Å². The van der Waals surface area contributed by atoms with E-state index in [1.807, 2.05) is 4.68 Å². The van der Waals surface area contributed by atoms with Crippen LogP contribution in [0.25, 0.3) is 0 Å². The lowest BCUT2D eigenvalue weighted by Gasteiger charge is -2.12. The molecule has 0 aliphatic rings. The second kappa shape index (κ2) is 6.25. The summed E-state index contributed by atoms with van der Waals surface area (Å²) >= 11 is 1.79. The van der Waals surface area contributed by atoms with E-state index in [4.69, 9.17) is 0 Å². The third-order valence-corrected chi connectivity index (χ3v) is 4.11. The molecule has 19 heavy (non-hydrogen) atoms. The molecule has 2 rings (SSSR count). The topological polar surface area (TPSA) is 55.6 Å². The first kappa shape index (κ1) is 14.1. The van der Waals surface area contributed by atoms with Crippen molar-refractivity contribution < 1.29 is 0 Å². The highest BCUT2D eigenvalue weighted by Crippen LogP contribution is 2.25. The molecule has 1 N–H and O–H groups in total. The maximum atomic E-state index is 4.12. The summed E-state index contributed by atoms with van der Waals surface area (Å²) in [6.07, 6.45) is 0. The van der Waals surface area contributed by atoms with Crippen LogP contribution in [0.4, 0.5) is 0 Å². The maximum Gasteiger partial charge on any atom is 0.165 e. The Bertz CT molecular complexity index is 517. The zero-order chi connectivity index (χ0) is 13.8. The number of hydrogen-bond donors (Lipinski definition) is 1. The molecule has 0 radical (unpaired) electrons. The molecule has 0 spiro atoms. The number of rotatable bonds is 6. The summed E-state index contributed by atoms with van der Waals surface area (Å²) in [4.78, 5) is 2.60. The molecule has 1 unspecified atom stereocenters. The fourth-order valence-electron chi connectivity index (χ4n) is 1.90. The molecule has 2 aromatic rings. The monoisotopic (exact) mass is 279 g/mol. The first-order valence-corrected chi connectivity index (χ1v) is 7.43. The molecule has 1 atom stereocenters. The van der Waals surface area contributed by atoms with Gasteiger partial charge in [0.15, 0.2) is 5.82 Å². The second-order valence-corrected chi connectivity index (χ2v) is 6.51. The van der Waals surface area contributed by atoms with Gasteiger partial charge in [-0.15, -0.1) is 16.4 Å². The van der Waals surface area contributed by atoms with E-state index < -0.39 is 0 Å². The minimum atomic E-state index is 0.185. The third-order valence-electron chi connectivity index (χ3n) is 2.94. The van der Waals surface area contributed by atoms with Crippen LogP contribution in [0.15, 0.2) is 12.1 Å². The van der Waals surface area contributed by atoms with Gasteiger partial charge in [-0.25, -0.2) is 4.68 Å². The van der Waals surface area contributed by atoms with Gasteiger partial charge in [-0.05, 0) is 48.9 Å². The van der Waals surface area contributed by atoms with Gasteiger partial charge in [0.1, 0.15) is 0 Å². The fourth-order valence-corrected chi connectivity index (χ4v) is 2.81. The van der Waals surface area contributed by atoms with Crippen LogP contribution in [0.3, 0.4) is 0 Å². The van der Waals surface area contributed by atoms with Crippen molar-refractivity contribution in [2.45, 2.75) is 40.3 Å². The highest BCUT2D eigenvalue weighted by Gasteiger charge is 2.15. The summed E-state index contributed by atoms with van der Waals surface area (Å²) in [7, 11) is 0. The number of nitrogens with one attached hydrogen (secondary N) is 1. The van der Waals surface area contributed by atoms with Crippen LogP contribution in [-0.4, -0.2) is 26.8 Å². The average Bonchev–Trinajstić information content (AvgIpc) is 2.97. The minimum Gasteiger partial charge on any atom is -0.310 e. The molecule has 2 heterocycles. The molecule has 0 saturated carbocycles. The van der Waals surface area contributed by atoms with E-state index >= 15 is 0 Å². The number of aromatic nitrogens is 4. The first-order valence-electron chi connectivity index (χ1n) is 6.61. The number of hydrogen-bond acceptors (Lipinski definition) is 5. The Morgan fingerprint density at radius 2 is 2.11 bits per heavy atom. The van der Waals surface area contributed by atoms with Crippen LogP contribution in [0.1, 0.15) is 42.4 Å². The summed E-state index contributed by atoms with van der Waals surface area (Å²) in [6, 6.07) is 4.47. The Balaban J connectivity index is 2.06. The Morgan fingerprint density at radius 3 is 2.74 bits per heavy atom. The van der Waals surface area contributed by atoms with E-state index in [1.165, 1.54) is 9.75 Å². The summed E-state index contributed by atoms with van der Waals surface area (Å²) in [5.74, 6) is 1.51. The maximum absolute atomic E-state index is 4.12. The van der Waals surface area contributed by atoms with Gasteiger partial charge in [-0.2, -0.15) is 0 Å². The molecule has 5 nitrogen and oxygen atoms in total. The zero-order valence-corrected chi connectivity index (χ0v) is 12.7. The summed E-state index contributed by atoms with van der Waals surface area (Å²) in [5, 5.41) is 15.4. The minimum absolute atomic E-state index is 0.185. The van der Waals surface area contributed by atoms with Gasteiger partial charge in [-0.3, -0.25) is 0 Å². The van der Waals surface area contributed by atoms with E-state index in [2.05, 4.69) is 60.7 Å².